The second-order valence-electron chi connectivity index (χ2n) is 7.40. The lowest BCUT2D eigenvalue weighted by molar-refractivity contribution is 0.102. The summed E-state index contributed by atoms with van der Waals surface area (Å²) in [5.74, 6) is -0.702. The number of carbonyl (C=O) groups is 1. The predicted molar refractivity (Wildman–Crippen MR) is 115 cm³/mol. The van der Waals surface area contributed by atoms with Gasteiger partial charge in [-0.25, -0.2) is 8.91 Å². The molecule has 2 heterocycles. The van der Waals surface area contributed by atoms with E-state index in [1.807, 2.05) is 32.0 Å². The van der Waals surface area contributed by atoms with Crippen LogP contribution in [0.15, 0.2) is 42.5 Å². The molecular formula is C23H22FN5O2. The minimum Gasteiger partial charge on any atom is -0.378 e. The number of amides is 1. The standard InChI is InChI=1S/C23H22FN5O2/c1-13-5-10-18(14(2)11-13)25-23(30)21-15(3)29-22(27-26-21)20(19(28-29)12-31-4)16-6-8-17(24)9-7-16/h5-11H,12H2,1-4H3,(H,25,30). The maximum Gasteiger partial charge on any atom is 0.278 e. The van der Waals surface area contributed by atoms with Crippen LogP contribution in [-0.4, -0.2) is 32.8 Å². The van der Waals surface area contributed by atoms with Crippen molar-refractivity contribution in [2.75, 3.05) is 12.4 Å². The van der Waals surface area contributed by atoms with Crippen LogP contribution in [0.25, 0.3) is 16.8 Å². The number of hydrogen-bond donors (Lipinski definition) is 1. The summed E-state index contributed by atoms with van der Waals surface area (Å²) >= 11 is 0. The highest BCUT2D eigenvalue weighted by Gasteiger charge is 2.22. The molecule has 0 saturated heterocycles. The van der Waals surface area contributed by atoms with Crippen molar-refractivity contribution in [1.82, 2.24) is 19.8 Å². The van der Waals surface area contributed by atoms with Crippen molar-refractivity contribution in [3.63, 3.8) is 0 Å². The Labute approximate surface area is 178 Å². The van der Waals surface area contributed by atoms with Crippen molar-refractivity contribution in [2.45, 2.75) is 27.4 Å². The first kappa shape index (κ1) is 20.6. The minimum atomic E-state index is -0.369. The number of nitrogens with one attached hydrogen (secondary N) is 1. The number of benzene rings is 2. The molecule has 158 valence electrons. The Bertz CT molecular complexity index is 1280. The summed E-state index contributed by atoms with van der Waals surface area (Å²) in [6, 6.07) is 11.9. The highest BCUT2D eigenvalue weighted by molar-refractivity contribution is 6.04. The normalized spacial score (nSPS) is 11.1. The van der Waals surface area contributed by atoms with E-state index in [1.165, 1.54) is 12.1 Å². The lowest BCUT2D eigenvalue weighted by Gasteiger charge is -2.10. The quantitative estimate of drug-likeness (QED) is 0.523. The Morgan fingerprint density at radius 1 is 1.10 bits per heavy atom. The number of hydrogen-bond acceptors (Lipinski definition) is 5. The molecule has 8 heteroatoms. The van der Waals surface area contributed by atoms with Crippen molar-refractivity contribution >= 4 is 17.2 Å². The number of anilines is 1. The van der Waals surface area contributed by atoms with Gasteiger partial charge in [0.05, 0.1) is 23.6 Å². The predicted octanol–water partition coefficient (Wildman–Crippen LogP) is 4.25. The van der Waals surface area contributed by atoms with Crippen LogP contribution in [0, 0.1) is 26.6 Å². The van der Waals surface area contributed by atoms with E-state index in [4.69, 9.17) is 4.74 Å². The second kappa shape index (κ2) is 8.23. The minimum absolute atomic E-state index is 0.171. The maximum absolute atomic E-state index is 13.4. The zero-order valence-corrected chi connectivity index (χ0v) is 17.7. The molecule has 2 aromatic heterocycles. The highest BCUT2D eigenvalue weighted by Crippen LogP contribution is 2.29. The van der Waals surface area contributed by atoms with Crippen molar-refractivity contribution in [2.24, 2.45) is 0 Å². The lowest BCUT2D eigenvalue weighted by atomic mass is 10.1. The van der Waals surface area contributed by atoms with Crippen molar-refractivity contribution in [3.05, 3.63) is 76.5 Å². The van der Waals surface area contributed by atoms with Crippen LogP contribution in [0.2, 0.25) is 0 Å². The van der Waals surface area contributed by atoms with Crippen LogP contribution >= 0.6 is 0 Å². The fourth-order valence-corrected chi connectivity index (χ4v) is 3.54. The molecule has 31 heavy (non-hydrogen) atoms. The Hall–Kier alpha value is -3.65. The summed E-state index contributed by atoms with van der Waals surface area (Å²) in [5, 5.41) is 16.0. The van der Waals surface area contributed by atoms with Gasteiger partial charge in [0, 0.05) is 12.8 Å². The van der Waals surface area contributed by atoms with Gasteiger partial charge in [-0.3, -0.25) is 4.79 Å². The Morgan fingerprint density at radius 3 is 2.52 bits per heavy atom. The Kier molecular flexibility index (Phi) is 5.48. The number of nitrogens with zero attached hydrogens (tertiary/aromatic N) is 4. The molecular weight excluding hydrogens is 397 g/mol. The first-order chi connectivity index (χ1) is 14.9. The molecule has 4 rings (SSSR count). The molecule has 0 bridgehead atoms. The summed E-state index contributed by atoms with van der Waals surface area (Å²) in [4.78, 5) is 12.9. The van der Waals surface area contributed by atoms with Gasteiger partial charge >= 0.3 is 0 Å². The molecule has 0 aliphatic heterocycles. The molecule has 2 aromatic carbocycles. The average Bonchev–Trinajstić information content (AvgIpc) is 3.10. The first-order valence-electron chi connectivity index (χ1n) is 9.77. The SMILES string of the molecule is COCc1nn2c(C)c(C(=O)Nc3ccc(C)cc3C)nnc2c1-c1ccc(F)cc1. The van der Waals surface area contributed by atoms with Gasteiger partial charge in [0.25, 0.3) is 5.91 Å². The van der Waals surface area contributed by atoms with E-state index < -0.39 is 0 Å². The number of halogens is 1. The maximum atomic E-state index is 13.4. The fourth-order valence-electron chi connectivity index (χ4n) is 3.54. The van der Waals surface area contributed by atoms with E-state index in [0.29, 0.717) is 28.3 Å². The fraction of sp³-hybridized carbons (Fsp3) is 0.217. The van der Waals surface area contributed by atoms with Gasteiger partial charge in [-0.05, 0) is 50.1 Å². The molecule has 0 fully saturated rings. The summed E-state index contributed by atoms with van der Waals surface area (Å²) < 4.78 is 20.3. The van der Waals surface area contributed by atoms with Gasteiger partial charge in [-0.2, -0.15) is 5.10 Å². The van der Waals surface area contributed by atoms with E-state index in [2.05, 4.69) is 20.6 Å². The summed E-state index contributed by atoms with van der Waals surface area (Å²) in [6.45, 7) is 5.93. The van der Waals surface area contributed by atoms with E-state index >= 15 is 0 Å². The van der Waals surface area contributed by atoms with E-state index in [0.717, 1.165) is 16.7 Å². The van der Waals surface area contributed by atoms with Crippen LogP contribution in [0.1, 0.15) is 33.0 Å². The van der Waals surface area contributed by atoms with Crippen LogP contribution in [-0.2, 0) is 11.3 Å². The number of aromatic nitrogens is 4. The summed E-state index contributed by atoms with van der Waals surface area (Å²) in [7, 11) is 1.57. The molecule has 0 atom stereocenters. The van der Waals surface area contributed by atoms with Gasteiger partial charge in [0.2, 0.25) is 0 Å². The third-order valence-corrected chi connectivity index (χ3v) is 5.10. The molecule has 0 radical (unpaired) electrons. The number of rotatable bonds is 5. The zero-order chi connectivity index (χ0) is 22.1. The third-order valence-electron chi connectivity index (χ3n) is 5.10. The average molecular weight is 419 g/mol. The van der Waals surface area contributed by atoms with Gasteiger partial charge in [0.15, 0.2) is 11.3 Å². The van der Waals surface area contributed by atoms with Crippen molar-refractivity contribution in [1.29, 1.82) is 0 Å². The van der Waals surface area contributed by atoms with Crippen LogP contribution in [0.5, 0.6) is 0 Å². The molecule has 0 aliphatic rings. The number of methoxy groups -OCH3 is 1. The topological polar surface area (TPSA) is 81.4 Å². The molecule has 0 aliphatic carbocycles. The lowest BCUT2D eigenvalue weighted by Crippen LogP contribution is -2.19. The Balaban J connectivity index is 1.78. The zero-order valence-electron chi connectivity index (χ0n) is 17.7. The third kappa shape index (κ3) is 3.89. The van der Waals surface area contributed by atoms with Gasteiger partial charge in [-0.1, -0.05) is 29.8 Å². The monoisotopic (exact) mass is 419 g/mol. The largest absolute Gasteiger partial charge is 0.378 e. The molecule has 0 spiro atoms. The van der Waals surface area contributed by atoms with Crippen LogP contribution < -0.4 is 5.32 Å². The van der Waals surface area contributed by atoms with Crippen LogP contribution in [0.4, 0.5) is 10.1 Å². The number of carbonyl (C=O) groups excluding carboxylic acids is 1. The molecule has 0 saturated carbocycles. The van der Waals surface area contributed by atoms with E-state index in [1.54, 1.807) is 30.7 Å². The van der Waals surface area contributed by atoms with Crippen molar-refractivity contribution < 1.29 is 13.9 Å². The molecule has 1 amide bonds. The summed E-state index contributed by atoms with van der Waals surface area (Å²) in [5.41, 5.74) is 6.02. The first-order valence-corrected chi connectivity index (χ1v) is 9.77. The number of ether oxygens (including phenoxy) is 1. The van der Waals surface area contributed by atoms with Gasteiger partial charge in [0.1, 0.15) is 5.82 Å². The molecule has 1 N–H and O–H groups in total. The van der Waals surface area contributed by atoms with Crippen LogP contribution in [0.3, 0.4) is 0 Å². The smallest absolute Gasteiger partial charge is 0.278 e. The summed E-state index contributed by atoms with van der Waals surface area (Å²) in [6.07, 6.45) is 0. The van der Waals surface area contributed by atoms with Gasteiger partial charge in [-0.15, -0.1) is 10.2 Å². The molecule has 4 aromatic rings. The van der Waals surface area contributed by atoms with Crippen molar-refractivity contribution in [3.8, 4) is 11.1 Å². The number of aryl methyl sites for hydroxylation is 3. The second-order valence-corrected chi connectivity index (χ2v) is 7.40. The van der Waals surface area contributed by atoms with Gasteiger partial charge < -0.3 is 10.1 Å². The van der Waals surface area contributed by atoms with E-state index in [9.17, 15) is 9.18 Å². The number of fused-ring (bicyclic) bond motifs is 1. The Morgan fingerprint density at radius 2 is 1.84 bits per heavy atom. The molecule has 0 unspecified atom stereocenters. The molecule has 7 nitrogen and oxygen atoms in total. The van der Waals surface area contributed by atoms with E-state index in [-0.39, 0.29) is 24.0 Å². The highest BCUT2D eigenvalue weighted by atomic mass is 19.1.